The SMILES string of the molecule is CCNC(C)(CO)CC(C)Oc1ccc(CO)cc1OC. The van der Waals surface area contributed by atoms with Crippen molar-refractivity contribution in [2.45, 2.75) is 45.4 Å². The Morgan fingerprint density at radius 3 is 2.52 bits per heavy atom. The number of aliphatic hydroxyl groups is 2. The van der Waals surface area contributed by atoms with Crippen LogP contribution in [0.15, 0.2) is 18.2 Å². The zero-order chi connectivity index (χ0) is 15.9. The fourth-order valence-corrected chi connectivity index (χ4v) is 2.42. The van der Waals surface area contributed by atoms with E-state index in [0.717, 1.165) is 12.1 Å². The quantitative estimate of drug-likeness (QED) is 0.647. The molecule has 0 heterocycles. The van der Waals surface area contributed by atoms with E-state index in [1.165, 1.54) is 0 Å². The van der Waals surface area contributed by atoms with Crippen LogP contribution in [-0.4, -0.2) is 42.1 Å². The van der Waals surface area contributed by atoms with Gasteiger partial charge in [0, 0.05) is 12.0 Å². The van der Waals surface area contributed by atoms with Crippen molar-refractivity contribution in [3.05, 3.63) is 23.8 Å². The Labute approximate surface area is 126 Å². The van der Waals surface area contributed by atoms with Gasteiger partial charge < -0.3 is 25.0 Å². The number of rotatable bonds is 9. The van der Waals surface area contributed by atoms with Crippen LogP contribution < -0.4 is 14.8 Å². The van der Waals surface area contributed by atoms with Gasteiger partial charge in [0.25, 0.3) is 0 Å². The van der Waals surface area contributed by atoms with E-state index in [2.05, 4.69) is 5.32 Å². The average Bonchev–Trinajstić information content (AvgIpc) is 2.47. The third-order valence-electron chi connectivity index (χ3n) is 3.43. The first-order chi connectivity index (χ1) is 9.97. The number of hydrogen-bond donors (Lipinski definition) is 3. The fraction of sp³-hybridized carbons (Fsp3) is 0.625. The molecule has 2 atom stereocenters. The zero-order valence-corrected chi connectivity index (χ0v) is 13.3. The molecule has 0 aliphatic heterocycles. The molecule has 5 nitrogen and oxygen atoms in total. The molecule has 0 amide bonds. The first-order valence-corrected chi connectivity index (χ1v) is 7.28. The van der Waals surface area contributed by atoms with Gasteiger partial charge in [-0.3, -0.25) is 0 Å². The molecular formula is C16H27NO4. The van der Waals surface area contributed by atoms with E-state index in [1.807, 2.05) is 20.8 Å². The van der Waals surface area contributed by atoms with E-state index in [0.29, 0.717) is 17.9 Å². The van der Waals surface area contributed by atoms with Gasteiger partial charge in [0.15, 0.2) is 11.5 Å². The Balaban J connectivity index is 2.76. The summed E-state index contributed by atoms with van der Waals surface area (Å²) in [5.74, 6) is 1.24. The lowest BCUT2D eigenvalue weighted by atomic mass is 9.95. The van der Waals surface area contributed by atoms with Gasteiger partial charge >= 0.3 is 0 Å². The molecule has 0 saturated heterocycles. The molecule has 21 heavy (non-hydrogen) atoms. The van der Waals surface area contributed by atoms with Gasteiger partial charge in [-0.2, -0.15) is 0 Å². The van der Waals surface area contributed by atoms with Gasteiger partial charge in [0.2, 0.25) is 0 Å². The Bertz CT molecular complexity index is 438. The van der Waals surface area contributed by atoms with Crippen LogP contribution in [0, 0.1) is 0 Å². The summed E-state index contributed by atoms with van der Waals surface area (Å²) in [7, 11) is 1.57. The summed E-state index contributed by atoms with van der Waals surface area (Å²) in [6.07, 6.45) is 0.581. The van der Waals surface area contributed by atoms with Crippen molar-refractivity contribution in [2.24, 2.45) is 0 Å². The lowest BCUT2D eigenvalue weighted by Crippen LogP contribution is -2.48. The lowest BCUT2D eigenvalue weighted by molar-refractivity contribution is 0.109. The molecule has 0 aliphatic carbocycles. The molecule has 0 fully saturated rings. The number of likely N-dealkylation sites (N-methyl/N-ethyl adjacent to an activating group) is 1. The molecule has 1 aromatic rings. The van der Waals surface area contributed by atoms with Crippen LogP contribution >= 0.6 is 0 Å². The minimum absolute atomic E-state index is 0.0325. The second-order valence-electron chi connectivity index (χ2n) is 5.53. The second-order valence-corrected chi connectivity index (χ2v) is 5.53. The number of nitrogens with one attached hydrogen (secondary N) is 1. The van der Waals surface area contributed by atoms with E-state index < -0.39 is 0 Å². The number of benzene rings is 1. The number of methoxy groups -OCH3 is 1. The lowest BCUT2D eigenvalue weighted by Gasteiger charge is -2.31. The highest BCUT2D eigenvalue weighted by Gasteiger charge is 2.26. The van der Waals surface area contributed by atoms with Crippen LogP contribution in [0.2, 0.25) is 0 Å². The maximum atomic E-state index is 9.53. The molecule has 0 aliphatic rings. The molecule has 0 aromatic heterocycles. The average molecular weight is 297 g/mol. The molecule has 0 bridgehead atoms. The maximum absolute atomic E-state index is 9.53. The highest BCUT2D eigenvalue weighted by atomic mass is 16.5. The van der Waals surface area contributed by atoms with Crippen molar-refractivity contribution >= 4 is 0 Å². The van der Waals surface area contributed by atoms with Crippen molar-refractivity contribution in [1.82, 2.24) is 5.32 Å². The fourth-order valence-electron chi connectivity index (χ4n) is 2.42. The highest BCUT2D eigenvalue weighted by Crippen LogP contribution is 2.30. The molecular weight excluding hydrogens is 270 g/mol. The smallest absolute Gasteiger partial charge is 0.161 e. The molecule has 0 radical (unpaired) electrons. The number of aliphatic hydroxyl groups excluding tert-OH is 2. The highest BCUT2D eigenvalue weighted by molar-refractivity contribution is 5.42. The van der Waals surface area contributed by atoms with E-state index in [1.54, 1.807) is 25.3 Å². The van der Waals surface area contributed by atoms with Crippen LogP contribution in [0.1, 0.15) is 32.8 Å². The van der Waals surface area contributed by atoms with E-state index in [-0.39, 0.29) is 24.9 Å². The summed E-state index contributed by atoms with van der Waals surface area (Å²) in [6, 6.07) is 5.36. The third-order valence-corrected chi connectivity index (χ3v) is 3.43. The molecule has 120 valence electrons. The van der Waals surface area contributed by atoms with Crippen LogP contribution in [-0.2, 0) is 6.61 Å². The minimum Gasteiger partial charge on any atom is -0.493 e. The van der Waals surface area contributed by atoms with Crippen LogP contribution in [0.25, 0.3) is 0 Å². The summed E-state index contributed by atoms with van der Waals surface area (Å²) in [5.41, 5.74) is 0.409. The molecule has 1 rings (SSSR count). The van der Waals surface area contributed by atoms with Crippen molar-refractivity contribution in [3.8, 4) is 11.5 Å². The first kappa shape index (κ1) is 17.8. The second kappa shape index (κ2) is 8.22. The first-order valence-electron chi connectivity index (χ1n) is 7.28. The molecule has 2 unspecified atom stereocenters. The van der Waals surface area contributed by atoms with Crippen LogP contribution in [0.4, 0.5) is 0 Å². The van der Waals surface area contributed by atoms with Crippen LogP contribution in [0.3, 0.4) is 0 Å². The monoisotopic (exact) mass is 297 g/mol. The Morgan fingerprint density at radius 2 is 2.00 bits per heavy atom. The zero-order valence-electron chi connectivity index (χ0n) is 13.3. The van der Waals surface area contributed by atoms with Gasteiger partial charge in [-0.05, 0) is 38.1 Å². The summed E-state index contributed by atoms with van der Waals surface area (Å²) in [4.78, 5) is 0. The minimum atomic E-state index is -0.369. The largest absolute Gasteiger partial charge is 0.493 e. The molecule has 1 aromatic carbocycles. The third kappa shape index (κ3) is 5.19. The van der Waals surface area contributed by atoms with Crippen LogP contribution in [0.5, 0.6) is 11.5 Å². The van der Waals surface area contributed by atoms with Crippen molar-refractivity contribution in [3.63, 3.8) is 0 Å². The summed E-state index contributed by atoms with van der Waals surface area (Å²) in [5, 5.41) is 21.9. The number of ether oxygens (including phenoxy) is 2. The summed E-state index contributed by atoms with van der Waals surface area (Å²) in [6.45, 7) is 6.76. The van der Waals surface area contributed by atoms with Gasteiger partial charge in [-0.15, -0.1) is 0 Å². The Morgan fingerprint density at radius 1 is 1.29 bits per heavy atom. The van der Waals surface area contributed by atoms with E-state index >= 15 is 0 Å². The van der Waals surface area contributed by atoms with Crippen molar-refractivity contribution in [2.75, 3.05) is 20.3 Å². The molecule has 5 heteroatoms. The summed E-state index contributed by atoms with van der Waals surface area (Å²) < 4.78 is 11.2. The molecule has 0 spiro atoms. The Hall–Kier alpha value is -1.30. The normalized spacial score (nSPS) is 15.3. The van der Waals surface area contributed by atoms with Gasteiger partial charge in [-0.25, -0.2) is 0 Å². The predicted octanol–water partition coefficient (Wildman–Crippen LogP) is 1.71. The predicted molar refractivity (Wildman–Crippen MR) is 82.8 cm³/mol. The van der Waals surface area contributed by atoms with E-state index in [4.69, 9.17) is 14.6 Å². The topological polar surface area (TPSA) is 71.0 Å². The Kier molecular flexibility index (Phi) is 6.95. The van der Waals surface area contributed by atoms with Gasteiger partial charge in [0.1, 0.15) is 0 Å². The van der Waals surface area contributed by atoms with Gasteiger partial charge in [0.05, 0.1) is 26.4 Å². The summed E-state index contributed by atoms with van der Waals surface area (Å²) >= 11 is 0. The van der Waals surface area contributed by atoms with Crippen molar-refractivity contribution in [1.29, 1.82) is 0 Å². The molecule has 0 saturated carbocycles. The van der Waals surface area contributed by atoms with Gasteiger partial charge in [-0.1, -0.05) is 13.0 Å². The maximum Gasteiger partial charge on any atom is 0.161 e. The van der Waals surface area contributed by atoms with Crippen molar-refractivity contribution < 1.29 is 19.7 Å². The van der Waals surface area contributed by atoms with E-state index in [9.17, 15) is 5.11 Å². The molecule has 3 N–H and O–H groups in total. The standard InChI is InChI=1S/C16H27NO4/c1-5-17-16(3,11-19)9-12(2)21-14-7-6-13(10-18)8-15(14)20-4/h6-8,12,17-19H,5,9-11H2,1-4H3. The number of hydrogen-bond acceptors (Lipinski definition) is 5.